The van der Waals surface area contributed by atoms with Gasteiger partial charge in [-0.15, -0.1) is 0 Å². The largest absolute Gasteiger partial charge is 0.494 e. The number of halogens is 1. The van der Waals surface area contributed by atoms with Gasteiger partial charge in [0.2, 0.25) is 5.91 Å². The van der Waals surface area contributed by atoms with Crippen molar-refractivity contribution in [1.29, 1.82) is 0 Å². The molecule has 0 radical (unpaired) electrons. The molecule has 1 fully saturated rings. The van der Waals surface area contributed by atoms with Crippen molar-refractivity contribution in [2.45, 2.75) is 19.4 Å². The van der Waals surface area contributed by atoms with Gasteiger partial charge in [0.15, 0.2) is 11.6 Å². The Bertz CT molecular complexity index is 852. The number of amides is 1. The van der Waals surface area contributed by atoms with E-state index < -0.39 is 10.7 Å². The molecular weight excluding hydrogens is 365 g/mol. The number of methoxy groups -OCH3 is 1. The summed E-state index contributed by atoms with van der Waals surface area (Å²) < 4.78 is 18.8. The topological polar surface area (TPSA) is 84.7 Å². The number of piperidine rings is 1. The first-order chi connectivity index (χ1) is 13.5. The fourth-order valence-corrected chi connectivity index (χ4v) is 3.40. The van der Waals surface area contributed by atoms with E-state index in [9.17, 15) is 19.3 Å². The van der Waals surface area contributed by atoms with E-state index >= 15 is 0 Å². The molecule has 2 aromatic rings. The van der Waals surface area contributed by atoms with Gasteiger partial charge >= 0.3 is 0 Å². The summed E-state index contributed by atoms with van der Waals surface area (Å²) in [5.74, 6) is -0.979. The molecule has 7 nitrogen and oxygen atoms in total. The second-order valence-corrected chi connectivity index (χ2v) is 6.70. The standard InChI is InChI=1S/C20H22FN3O4/c1-28-19-12-17(18(24(26)27)11-16(19)21)23-9-7-15(8-10-23)20(25)22-13-14-5-3-2-4-6-14/h2-6,11-12,15H,7-10,13H2,1H3,(H,22,25). The van der Waals surface area contributed by atoms with Gasteiger partial charge in [-0.2, -0.15) is 0 Å². The van der Waals surface area contributed by atoms with Crippen molar-refractivity contribution in [3.63, 3.8) is 0 Å². The van der Waals surface area contributed by atoms with Gasteiger partial charge in [0, 0.05) is 31.6 Å². The van der Waals surface area contributed by atoms with Crippen LogP contribution in [0.4, 0.5) is 15.8 Å². The molecule has 28 heavy (non-hydrogen) atoms. The molecule has 0 unspecified atom stereocenters. The zero-order valence-electron chi connectivity index (χ0n) is 15.6. The molecule has 148 valence electrons. The summed E-state index contributed by atoms with van der Waals surface area (Å²) in [5.41, 5.74) is 1.04. The molecular formula is C20H22FN3O4. The minimum absolute atomic E-state index is 0.0188. The summed E-state index contributed by atoms with van der Waals surface area (Å²) in [5, 5.41) is 14.3. The predicted molar refractivity (Wildman–Crippen MR) is 103 cm³/mol. The first-order valence-corrected chi connectivity index (χ1v) is 9.08. The van der Waals surface area contributed by atoms with Gasteiger partial charge < -0.3 is 15.0 Å². The van der Waals surface area contributed by atoms with E-state index in [0.717, 1.165) is 11.6 Å². The number of anilines is 1. The van der Waals surface area contributed by atoms with Crippen LogP contribution in [-0.2, 0) is 11.3 Å². The number of hydrogen-bond donors (Lipinski definition) is 1. The second kappa shape index (κ2) is 8.69. The van der Waals surface area contributed by atoms with Crippen molar-refractivity contribution in [1.82, 2.24) is 5.32 Å². The Morgan fingerprint density at radius 2 is 1.96 bits per heavy atom. The van der Waals surface area contributed by atoms with Crippen molar-refractivity contribution in [2.75, 3.05) is 25.1 Å². The van der Waals surface area contributed by atoms with Crippen LogP contribution in [0.2, 0.25) is 0 Å². The molecule has 2 aromatic carbocycles. The molecule has 0 aliphatic carbocycles. The monoisotopic (exact) mass is 387 g/mol. The molecule has 3 rings (SSSR count). The second-order valence-electron chi connectivity index (χ2n) is 6.70. The van der Waals surface area contributed by atoms with Crippen LogP contribution in [0.25, 0.3) is 0 Å². The molecule has 1 heterocycles. The van der Waals surface area contributed by atoms with Crippen LogP contribution in [0.5, 0.6) is 5.75 Å². The highest BCUT2D eigenvalue weighted by Gasteiger charge is 2.29. The fraction of sp³-hybridized carbons (Fsp3) is 0.350. The zero-order valence-corrected chi connectivity index (χ0v) is 15.6. The maximum atomic E-state index is 13.8. The molecule has 0 saturated carbocycles. The van der Waals surface area contributed by atoms with Crippen molar-refractivity contribution in [3.8, 4) is 5.75 Å². The van der Waals surface area contributed by atoms with E-state index in [1.807, 2.05) is 30.3 Å². The van der Waals surface area contributed by atoms with Crippen molar-refractivity contribution < 1.29 is 18.8 Å². The quantitative estimate of drug-likeness (QED) is 0.607. The van der Waals surface area contributed by atoms with Gasteiger partial charge in [-0.25, -0.2) is 4.39 Å². The highest BCUT2D eigenvalue weighted by atomic mass is 19.1. The van der Waals surface area contributed by atoms with Crippen molar-refractivity contribution in [3.05, 3.63) is 64.0 Å². The van der Waals surface area contributed by atoms with Gasteiger partial charge in [0.25, 0.3) is 5.69 Å². The average molecular weight is 387 g/mol. The highest BCUT2D eigenvalue weighted by molar-refractivity contribution is 5.79. The Morgan fingerprint density at radius 3 is 2.57 bits per heavy atom. The number of nitrogens with zero attached hydrogens (tertiary/aromatic N) is 2. The van der Waals surface area contributed by atoms with Gasteiger partial charge in [0.05, 0.1) is 18.1 Å². The maximum Gasteiger partial charge on any atom is 0.295 e. The van der Waals surface area contributed by atoms with Gasteiger partial charge in [0.1, 0.15) is 5.69 Å². The van der Waals surface area contributed by atoms with Crippen LogP contribution in [0.1, 0.15) is 18.4 Å². The summed E-state index contributed by atoms with van der Waals surface area (Å²) >= 11 is 0. The number of nitro groups is 1. The van der Waals surface area contributed by atoms with E-state index in [4.69, 9.17) is 4.74 Å². The number of carbonyl (C=O) groups excluding carboxylic acids is 1. The number of ether oxygens (including phenoxy) is 1. The number of carbonyl (C=O) groups is 1. The Balaban J connectivity index is 1.63. The van der Waals surface area contributed by atoms with Crippen LogP contribution in [0.3, 0.4) is 0 Å². The summed E-state index contributed by atoms with van der Waals surface area (Å²) in [7, 11) is 1.32. The Morgan fingerprint density at radius 1 is 1.29 bits per heavy atom. The Hall–Kier alpha value is -3.16. The maximum absolute atomic E-state index is 13.8. The molecule has 1 aliphatic heterocycles. The lowest BCUT2D eigenvalue weighted by atomic mass is 9.95. The SMILES string of the molecule is COc1cc(N2CCC(C(=O)NCc3ccccc3)CC2)c([N+](=O)[O-])cc1F. The summed E-state index contributed by atoms with van der Waals surface area (Å²) in [6, 6.07) is 11.9. The number of nitrogens with one attached hydrogen (secondary N) is 1. The van der Waals surface area contributed by atoms with Crippen LogP contribution >= 0.6 is 0 Å². The summed E-state index contributed by atoms with van der Waals surface area (Å²) in [6.45, 7) is 1.42. The molecule has 0 spiro atoms. The van der Waals surface area contributed by atoms with Crippen LogP contribution in [0.15, 0.2) is 42.5 Å². The lowest BCUT2D eigenvalue weighted by Crippen LogP contribution is -2.40. The van der Waals surface area contributed by atoms with Gasteiger partial charge in [-0.1, -0.05) is 30.3 Å². The number of rotatable bonds is 6. The minimum Gasteiger partial charge on any atom is -0.494 e. The molecule has 0 atom stereocenters. The van der Waals surface area contributed by atoms with Crippen molar-refractivity contribution >= 4 is 17.3 Å². The summed E-state index contributed by atoms with van der Waals surface area (Å²) in [6.07, 6.45) is 1.13. The minimum atomic E-state index is -0.770. The first-order valence-electron chi connectivity index (χ1n) is 9.08. The Kier molecular flexibility index (Phi) is 6.08. The normalized spacial score (nSPS) is 14.6. The lowest BCUT2D eigenvalue weighted by Gasteiger charge is -2.32. The molecule has 1 N–H and O–H groups in total. The highest BCUT2D eigenvalue weighted by Crippen LogP contribution is 2.36. The van der Waals surface area contributed by atoms with E-state index in [-0.39, 0.29) is 23.3 Å². The molecule has 0 bridgehead atoms. The van der Waals surface area contributed by atoms with Crippen LogP contribution < -0.4 is 15.0 Å². The number of nitro benzene ring substituents is 1. The van der Waals surface area contributed by atoms with E-state index in [1.165, 1.54) is 13.2 Å². The van der Waals surface area contributed by atoms with E-state index in [0.29, 0.717) is 38.2 Å². The van der Waals surface area contributed by atoms with E-state index in [1.54, 1.807) is 4.90 Å². The smallest absolute Gasteiger partial charge is 0.295 e. The van der Waals surface area contributed by atoms with Crippen molar-refractivity contribution in [2.24, 2.45) is 5.92 Å². The van der Waals surface area contributed by atoms with Gasteiger partial charge in [-0.3, -0.25) is 14.9 Å². The van der Waals surface area contributed by atoms with Crippen LogP contribution in [0, 0.1) is 21.8 Å². The summed E-state index contributed by atoms with van der Waals surface area (Å²) in [4.78, 5) is 24.9. The predicted octanol–water partition coefficient (Wildman–Crippen LogP) is 3.28. The van der Waals surface area contributed by atoms with Crippen LogP contribution in [-0.4, -0.2) is 31.0 Å². The zero-order chi connectivity index (χ0) is 20.1. The number of hydrogen-bond acceptors (Lipinski definition) is 5. The lowest BCUT2D eigenvalue weighted by molar-refractivity contribution is -0.384. The molecule has 1 amide bonds. The fourth-order valence-electron chi connectivity index (χ4n) is 3.40. The molecule has 1 aliphatic rings. The Labute approximate surface area is 162 Å². The number of benzene rings is 2. The molecule has 1 saturated heterocycles. The third-order valence-corrected chi connectivity index (χ3v) is 4.96. The third-order valence-electron chi connectivity index (χ3n) is 4.96. The third kappa shape index (κ3) is 4.39. The van der Waals surface area contributed by atoms with Gasteiger partial charge in [-0.05, 0) is 18.4 Å². The molecule has 8 heteroatoms. The first kappa shape index (κ1) is 19.6. The average Bonchev–Trinajstić information content (AvgIpc) is 2.72. The van der Waals surface area contributed by atoms with E-state index in [2.05, 4.69) is 5.32 Å². The molecule has 0 aromatic heterocycles.